The van der Waals surface area contributed by atoms with E-state index in [9.17, 15) is 0 Å². The van der Waals surface area contributed by atoms with Crippen LogP contribution in [0.15, 0.2) is 247 Å². The number of aromatic nitrogens is 1. The Hall–Kier alpha value is -8.40. The number of fused-ring (bicyclic) bond motifs is 6. The van der Waals surface area contributed by atoms with Gasteiger partial charge in [-0.15, -0.1) is 0 Å². The molecule has 2 heterocycles. The van der Waals surface area contributed by atoms with Gasteiger partial charge in [-0.25, -0.2) is 0 Å². The maximum Gasteiger partial charge on any atom is 0.143 e. The zero-order valence-electron chi connectivity index (χ0n) is 34.4. The lowest BCUT2D eigenvalue weighted by atomic mass is 9.98. The molecule has 12 aromatic rings. The van der Waals surface area contributed by atoms with Gasteiger partial charge in [0.2, 0.25) is 0 Å². The van der Waals surface area contributed by atoms with Crippen molar-refractivity contribution < 1.29 is 4.42 Å². The van der Waals surface area contributed by atoms with E-state index in [-0.39, 0.29) is 0 Å². The summed E-state index contributed by atoms with van der Waals surface area (Å²) in [4.78, 5) is 2.41. The van der Waals surface area contributed by atoms with Gasteiger partial charge in [0, 0.05) is 49.6 Å². The van der Waals surface area contributed by atoms with Crippen LogP contribution in [0.25, 0.3) is 93.9 Å². The van der Waals surface area contributed by atoms with Crippen molar-refractivity contribution in [2.45, 2.75) is 0 Å². The molecule has 2 aromatic heterocycles. The highest BCUT2D eigenvalue weighted by atomic mass is 16.3. The molecule has 0 aliphatic rings. The molecule has 0 atom stereocenters. The van der Waals surface area contributed by atoms with Gasteiger partial charge in [-0.3, -0.25) is 0 Å². The predicted octanol–water partition coefficient (Wildman–Crippen LogP) is 16.8. The Morgan fingerprint density at radius 3 is 1.56 bits per heavy atom. The number of furan rings is 1. The average molecular weight is 805 g/mol. The molecule has 63 heavy (non-hydrogen) atoms. The minimum Gasteiger partial charge on any atom is -0.455 e. The first-order valence-corrected chi connectivity index (χ1v) is 21.5. The van der Waals surface area contributed by atoms with Crippen LogP contribution in [-0.2, 0) is 0 Å². The molecule has 0 radical (unpaired) electrons. The van der Waals surface area contributed by atoms with Crippen molar-refractivity contribution in [3.8, 4) is 50.2 Å². The normalized spacial score (nSPS) is 11.5. The van der Waals surface area contributed by atoms with Gasteiger partial charge >= 0.3 is 0 Å². The molecule has 0 fully saturated rings. The highest BCUT2D eigenvalue weighted by molar-refractivity contribution is 6.11. The maximum absolute atomic E-state index is 6.57. The van der Waals surface area contributed by atoms with E-state index in [1.807, 2.05) is 12.1 Å². The van der Waals surface area contributed by atoms with E-state index < -0.39 is 0 Å². The Kier molecular flexibility index (Phi) is 8.83. The summed E-state index contributed by atoms with van der Waals surface area (Å²) >= 11 is 0. The quantitative estimate of drug-likeness (QED) is 0.153. The number of hydrogen-bond donors (Lipinski definition) is 0. The second-order valence-electron chi connectivity index (χ2n) is 16.1. The minimum absolute atomic E-state index is 0.892. The van der Waals surface area contributed by atoms with Gasteiger partial charge in [-0.05, 0) is 82.4 Å². The van der Waals surface area contributed by atoms with Crippen LogP contribution in [0.5, 0.6) is 0 Å². The molecule has 0 spiro atoms. The second kappa shape index (κ2) is 15.3. The van der Waals surface area contributed by atoms with E-state index in [1.54, 1.807) is 0 Å². The van der Waals surface area contributed by atoms with Crippen molar-refractivity contribution in [1.29, 1.82) is 0 Å². The molecule has 3 nitrogen and oxygen atoms in total. The molecule has 3 heteroatoms. The molecule has 0 N–H and O–H groups in total. The fraction of sp³-hybridized carbons (Fsp3) is 0. The van der Waals surface area contributed by atoms with Crippen LogP contribution in [-0.4, -0.2) is 4.57 Å². The van der Waals surface area contributed by atoms with Gasteiger partial charge in [-0.1, -0.05) is 188 Å². The fourth-order valence-electron chi connectivity index (χ4n) is 9.48. The van der Waals surface area contributed by atoms with Gasteiger partial charge in [0.05, 0.1) is 22.4 Å². The molecule has 0 aliphatic heterocycles. The molecule has 12 rings (SSSR count). The second-order valence-corrected chi connectivity index (χ2v) is 16.1. The van der Waals surface area contributed by atoms with Gasteiger partial charge in [0.15, 0.2) is 0 Å². The first-order valence-electron chi connectivity index (χ1n) is 21.5. The standard InChI is InChI=1S/C60H40N2O/c1-2-16-41(17-3-1)42-32-34-43(35-33-42)44-36-38-46(39-37-44)61(47-19-14-18-45(40-47)48-25-15-26-54-53-24-8-13-31-59(53)63-60(48)54)55-27-9-4-20-49(55)50-21-5-10-28-56(50)62-57-29-11-6-22-51(57)52-23-7-12-30-58(52)62/h1-40H. The van der Waals surface area contributed by atoms with Crippen molar-refractivity contribution in [2.75, 3.05) is 4.90 Å². The average Bonchev–Trinajstić information content (AvgIpc) is 3.91. The monoisotopic (exact) mass is 804 g/mol. The summed E-state index contributed by atoms with van der Waals surface area (Å²) in [5.41, 5.74) is 17.6. The van der Waals surface area contributed by atoms with Crippen molar-refractivity contribution in [1.82, 2.24) is 4.57 Å². The van der Waals surface area contributed by atoms with Crippen molar-refractivity contribution in [3.05, 3.63) is 243 Å². The van der Waals surface area contributed by atoms with Crippen LogP contribution < -0.4 is 4.90 Å². The van der Waals surface area contributed by atoms with Crippen LogP contribution in [0.4, 0.5) is 17.1 Å². The maximum atomic E-state index is 6.57. The predicted molar refractivity (Wildman–Crippen MR) is 264 cm³/mol. The number of para-hydroxylation sites is 6. The van der Waals surface area contributed by atoms with E-state index in [4.69, 9.17) is 4.42 Å². The number of anilines is 3. The van der Waals surface area contributed by atoms with Crippen molar-refractivity contribution in [3.63, 3.8) is 0 Å². The highest BCUT2D eigenvalue weighted by Gasteiger charge is 2.22. The lowest BCUT2D eigenvalue weighted by molar-refractivity contribution is 0.670. The summed E-state index contributed by atoms with van der Waals surface area (Å²) in [6.45, 7) is 0. The van der Waals surface area contributed by atoms with Gasteiger partial charge in [0.1, 0.15) is 11.2 Å². The first kappa shape index (κ1) is 36.5. The molecular formula is C60H40N2O. The third-order valence-electron chi connectivity index (χ3n) is 12.4. The van der Waals surface area contributed by atoms with Gasteiger partial charge in [-0.2, -0.15) is 0 Å². The molecule has 10 aromatic carbocycles. The summed E-state index contributed by atoms with van der Waals surface area (Å²) in [6, 6.07) is 87.1. The van der Waals surface area contributed by atoms with Crippen LogP contribution in [0, 0.1) is 0 Å². The van der Waals surface area contributed by atoms with Gasteiger partial charge in [0.25, 0.3) is 0 Å². The summed E-state index contributed by atoms with van der Waals surface area (Å²) in [5, 5.41) is 4.72. The SMILES string of the molecule is c1ccc(-c2ccc(-c3ccc(N(c4cccc(-c5cccc6c5oc5ccccc56)c4)c4ccccc4-c4ccccc4-n4c5ccccc5c5ccccc54)cc3)cc2)cc1. The van der Waals surface area contributed by atoms with Crippen LogP contribution in [0.1, 0.15) is 0 Å². The minimum atomic E-state index is 0.892. The first-order chi connectivity index (χ1) is 31.3. The summed E-state index contributed by atoms with van der Waals surface area (Å²) < 4.78 is 8.99. The number of hydrogen-bond acceptors (Lipinski definition) is 2. The Morgan fingerprint density at radius 2 is 0.825 bits per heavy atom. The van der Waals surface area contributed by atoms with E-state index in [1.165, 1.54) is 38.5 Å². The number of rotatable bonds is 8. The third-order valence-corrected chi connectivity index (χ3v) is 12.4. The van der Waals surface area contributed by atoms with E-state index in [0.29, 0.717) is 0 Å². The Labute approximate surface area is 366 Å². The largest absolute Gasteiger partial charge is 0.455 e. The smallest absolute Gasteiger partial charge is 0.143 e. The molecule has 0 aliphatic carbocycles. The van der Waals surface area contributed by atoms with E-state index in [2.05, 4.69) is 240 Å². The van der Waals surface area contributed by atoms with Crippen LogP contribution >= 0.6 is 0 Å². The molecule has 0 unspecified atom stereocenters. The Balaban J connectivity index is 1.03. The summed E-state index contributed by atoms with van der Waals surface area (Å²) in [7, 11) is 0. The Bertz CT molecular complexity index is 3560. The Morgan fingerprint density at radius 1 is 0.317 bits per heavy atom. The van der Waals surface area contributed by atoms with E-state index in [0.717, 1.165) is 72.5 Å². The zero-order chi connectivity index (χ0) is 41.7. The molecule has 296 valence electrons. The molecular weight excluding hydrogens is 765 g/mol. The van der Waals surface area contributed by atoms with Crippen LogP contribution in [0.3, 0.4) is 0 Å². The summed E-state index contributed by atoms with van der Waals surface area (Å²) in [6.07, 6.45) is 0. The topological polar surface area (TPSA) is 21.3 Å². The lowest BCUT2D eigenvalue weighted by Crippen LogP contribution is -2.11. The van der Waals surface area contributed by atoms with Crippen molar-refractivity contribution >= 4 is 60.8 Å². The number of nitrogens with zero attached hydrogens (tertiary/aromatic N) is 2. The van der Waals surface area contributed by atoms with Gasteiger partial charge < -0.3 is 13.9 Å². The number of benzene rings is 10. The molecule has 0 saturated carbocycles. The third kappa shape index (κ3) is 6.29. The van der Waals surface area contributed by atoms with E-state index >= 15 is 0 Å². The molecule has 0 saturated heterocycles. The van der Waals surface area contributed by atoms with Crippen molar-refractivity contribution in [2.24, 2.45) is 0 Å². The zero-order valence-corrected chi connectivity index (χ0v) is 34.4. The summed E-state index contributed by atoms with van der Waals surface area (Å²) in [5.74, 6) is 0. The molecule has 0 bridgehead atoms. The molecule has 0 amide bonds. The highest BCUT2D eigenvalue weighted by Crippen LogP contribution is 2.46. The van der Waals surface area contributed by atoms with Crippen LogP contribution in [0.2, 0.25) is 0 Å². The fourth-order valence-corrected chi connectivity index (χ4v) is 9.48. The lowest BCUT2D eigenvalue weighted by Gasteiger charge is -2.29.